The van der Waals surface area contributed by atoms with Gasteiger partial charge in [0.05, 0.1) is 17.5 Å². The number of benzene rings is 2. The fourth-order valence-corrected chi connectivity index (χ4v) is 4.31. The molecule has 4 rings (SSSR count). The lowest BCUT2D eigenvalue weighted by Gasteiger charge is -2.16. The number of Topliss-reactive ketones (excluding diaryl/α,β-unsaturated/α-hetero) is 1. The maximum Gasteiger partial charge on any atom is 0.304 e. The van der Waals surface area contributed by atoms with Gasteiger partial charge in [-0.3, -0.25) is 14.4 Å². The van der Waals surface area contributed by atoms with Crippen LogP contribution < -0.4 is 5.32 Å². The second-order valence-electron chi connectivity index (χ2n) is 10.1. The normalized spacial score (nSPS) is 12.4. The van der Waals surface area contributed by atoms with E-state index < -0.39 is 23.2 Å². The molecule has 2 aromatic heterocycles. The highest BCUT2D eigenvalue weighted by Gasteiger charge is 2.33. The highest BCUT2D eigenvalue weighted by molar-refractivity contribution is 6.33. The summed E-state index contributed by atoms with van der Waals surface area (Å²) in [6.45, 7) is 6.72. The van der Waals surface area contributed by atoms with Crippen molar-refractivity contribution in [3.63, 3.8) is 0 Å². The van der Waals surface area contributed by atoms with Crippen molar-refractivity contribution >= 4 is 57.6 Å². The molecular formula is C29H26Cl2N2O5. The van der Waals surface area contributed by atoms with Gasteiger partial charge in [-0.25, -0.2) is 4.98 Å². The lowest BCUT2D eigenvalue weighted by molar-refractivity contribution is -0.139. The zero-order valence-electron chi connectivity index (χ0n) is 21.3. The third-order valence-corrected chi connectivity index (χ3v) is 6.61. The van der Waals surface area contributed by atoms with E-state index in [2.05, 4.69) is 5.32 Å². The molecule has 0 saturated carbocycles. The van der Waals surface area contributed by atoms with Crippen LogP contribution in [0.5, 0.6) is 0 Å². The summed E-state index contributed by atoms with van der Waals surface area (Å²) < 4.78 is 6.01. The largest absolute Gasteiger partial charge is 0.481 e. The van der Waals surface area contributed by atoms with Crippen LogP contribution in [0.1, 0.15) is 44.7 Å². The van der Waals surface area contributed by atoms with Gasteiger partial charge >= 0.3 is 5.97 Å². The maximum atomic E-state index is 13.4. The fourth-order valence-electron chi connectivity index (χ4n) is 3.96. The summed E-state index contributed by atoms with van der Waals surface area (Å²) in [5.41, 5.74) is 2.08. The average Bonchev–Trinajstić information content (AvgIpc) is 3.19. The number of ketones is 1. The van der Waals surface area contributed by atoms with Gasteiger partial charge < -0.3 is 14.8 Å². The zero-order chi connectivity index (χ0) is 27.8. The lowest BCUT2D eigenvalue weighted by atomic mass is 9.88. The smallest absolute Gasteiger partial charge is 0.304 e. The van der Waals surface area contributed by atoms with Crippen molar-refractivity contribution in [1.29, 1.82) is 0 Å². The van der Waals surface area contributed by atoms with E-state index in [0.717, 1.165) is 5.56 Å². The number of nitrogens with one attached hydrogen (secondary N) is 1. The minimum absolute atomic E-state index is 0.0609. The second-order valence-corrected chi connectivity index (χ2v) is 10.9. The van der Waals surface area contributed by atoms with E-state index in [0.29, 0.717) is 32.3 Å². The number of carboxylic acids is 1. The van der Waals surface area contributed by atoms with Gasteiger partial charge in [0.2, 0.25) is 17.4 Å². The minimum atomic E-state index is -1.10. The molecule has 1 amide bonds. The number of pyridine rings is 1. The summed E-state index contributed by atoms with van der Waals surface area (Å²) in [5, 5.41) is 13.3. The van der Waals surface area contributed by atoms with Crippen LogP contribution in [-0.2, 0) is 9.59 Å². The first-order chi connectivity index (χ1) is 17.9. The standard InChI is InChI=1S/C29H26Cl2N2O5/c1-15(13-22(34)35)27(37)32-24-20-14-19(16-9-11-17(30)12-10-16)23(18-7-5-6-8-21(18)31)33-28(20)38-25(24)26(36)29(2,3)4/h5-12,14-15H,13H2,1-4H3,(H,32,37)(H,34,35)/t15-/m0/s1. The number of furan rings is 1. The molecule has 9 heteroatoms. The van der Waals surface area contributed by atoms with Crippen molar-refractivity contribution in [1.82, 2.24) is 4.98 Å². The molecule has 0 saturated heterocycles. The molecule has 0 aliphatic rings. The number of carbonyl (C=O) groups is 3. The highest BCUT2D eigenvalue weighted by Crippen LogP contribution is 2.41. The molecular weight excluding hydrogens is 527 g/mol. The van der Waals surface area contributed by atoms with Gasteiger partial charge in [0.1, 0.15) is 5.69 Å². The Morgan fingerprint density at radius 2 is 1.68 bits per heavy atom. The Morgan fingerprint density at radius 3 is 2.29 bits per heavy atom. The number of hydrogen-bond donors (Lipinski definition) is 2. The van der Waals surface area contributed by atoms with Crippen LogP contribution in [0.25, 0.3) is 33.5 Å². The highest BCUT2D eigenvalue weighted by atomic mass is 35.5. The maximum absolute atomic E-state index is 13.4. The summed E-state index contributed by atoms with van der Waals surface area (Å²) in [6.07, 6.45) is -0.366. The molecule has 196 valence electrons. The van der Waals surface area contributed by atoms with Gasteiger partial charge in [-0.05, 0) is 29.8 Å². The number of aromatic nitrogens is 1. The number of halogens is 2. The Bertz CT molecular complexity index is 1550. The predicted octanol–water partition coefficient (Wildman–Crippen LogP) is 7.75. The third-order valence-electron chi connectivity index (χ3n) is 6.03. The third kappa shape index (κ3) is 5.59. The van der Waals surface area contributed by atoms with Gasteiger partial charge in [0.15, 0.2) is 5.76 Å². The Morgan fingerprint density at radius 1 is 1.03 bits per heavy atom. The Kier molecular flexibility index (Phi) is 7.63. The SMILES string of the molecule is C[C@@H](CC(=O)O)C(=O)Nc1c(C(=O)C(C)(C)C)oc2nc(-c3ccccc3Cl)c(-c3ccc(Cl)cc3)cc12. The van der Waals surface area contributed by atoms with Crippen molar-refractivity contribution in [2.24, 2.45) is 11.3 Å². The van der Waals surface area contributed by atoms with Gasteiger partial charge in [0.25, 0.3) is 0 Å². The number of carbonyl (C=O) groups excluding carboxylic acids is 2. The minimum Gasteiger partial charge on any atom is -0.481 e. The predicted molar refractivity (Wildman–Crippen MR) is 149 cm³/mol. The zero-order valence-corrected chi connectivity index (χ0v) is 22.8. The fraction of sp³-hybridized carbons (Fsp3) is 0.241. The molecule has 0 bridgehead atoms. The van der Waals surface area contributed by atoms with Crippen LogP contribution in [0, 0.1) is 11.3 Å². The first-order valence-corrected chi connectivity index (χ1v) is 12.7. The van der Waals surface area contributed by atoms with Crippen LogP contribution >= 0.6 is 23.2 Å². The molecule has 1 atom stereocenters. The summed E-state index contributed by atoms with van der Waals surface area (Å²) in [6, 6.07) is 16.2. The number of anilines is 1. The number of carboxylic acid groups (broad SMARTS) is 1. The van der Waals surface area contributed by atoms with E-state index in [1.165, 1.54) is 6.92 Å². The van der Waals surface area contributed by atoms with E-state index in [1.54, 1.807) is 45.0 Å². The molecule has 0 fully saturated rings. The molecule has 2 aromatic carbocycles. The number of hydrogen-bond acceptors (Lipinski definition) is 5. The molecule has 38 heavy (non-hydrogen) atoms. The molecule has 4 aromatic rings. The molecule has 0 spiro atoms. The summed E-state index contributed by atoms with van der Waals surface area (Å²) >= 11 is 12.7. The first kappa shape index (κ1) is 27.4. The molecule has 2 heterocycles. The van der Waals surface area contributed by atoms with Crippen LogP contribution in [0.2, 0.25) is 10.0 Å². The summed E-state index contributed by atoms with van der Waals surface area (Å²) in [7, 11) is 0. The van der Waals surface area contributed by atoms with Gasteiger partial charge in [-0.2, -0.15) is 0 Å². The molecule has 0 radical (unpaired) electrons. The van der Waals surface area contributed by atoms with E-state index >= 15 is 0 Å². The van der Waals surface area contributed by atoms with Crippen LogP contribution in [-0.4, -0.2) is 27.8 Å². The number of nitrogens with zero attached hydrogens (tertiary/aromatic N) is 1. The number of amides is 1. The van der Waals surface area contributed by atoms with Gasteiger partial charge in [0, 0.05) is 32.5 Å². The average molecular weight is 553 g/mol. The Balaban J connectivity index is 2.00. The van der Waals surface area contributed by atoms with Crippen molar-refractivity contribution in [2.45, 2.75) is 34.1 Å². The summed E-state index contributed by atoms with van der Waals surface area (Å²) in [5.74, 6) is -2.91. The quantitative estimate of drug-likeness (QED) is 0.227. The molecule has 0 aliphatic carbocycles. The second kappa shape index (κ2) is 10.6. The number of rotatable bonds is 7. The van der Waals surface area contributed by atoms with Crippen LogP contribution in [0.3, 0.4) is 0 Å². The van der Waals surface area contributed by atoms with Crippen LogP contribution in [0.15, 0.2) is 59.0 Å². The Hall–Kier alpha value is -3.68. The molecule has 0 aliphatic heterocycles. The van der Waals surface area contributed by atoms with Crippen molar-refractivity contribution in [3.05, 3.63) is 70.4 Å². The lowest BCUT2D eigenvalue weighted by Crippen LogP contribution is -2.25. The first-order valence-electron chi connectivity index (χ1n) is 11.9. The van der Waals surface area contributed by atoms with E-state index in [4.69, 9.17) is 37.7 Å². The number of aliphatic carboxylic acids is 1. The number of fused-ring (bicyclic) bond motifs is 1. The van der Waals surface area contributed by atoms with Crippen molar-refractivity contribution in [3.8, 4) is 22.4 Å². The van der Waals surface area contributed by atoms with Crippen molar-refractivity contribution < 1.29 is 23.9 Å². The van der Waals surface area contributed by atoms with E-state index in [1.807, 2.05) is 30.3 Å². The van der Waals surface area contributed by atoms with Gasteiger partial charge in [-0.1, -0.05) is 81.2 Å². The monoisotopic (exact) mass is 552 g/mol. The molecule has 0 unspecified atom stereocenters. The van der Waals surface area contributed by atoms with Crippen LogP contribution in [0.4, 0.5) is 5.69 Å². The van der Waals surface area contributed by atoms with Gasteiger partial charge in [-0.15, -0.1) is 0 Å². The topological polar surface area (TPSA) is 110 Å². The molecule has 2 N–H and O–H groups in total. The van der Waals surface area contributed by atoms with E-state index in [-0.39, 0.29) is 29.4 Å². The van der Waals surface area contributed by atoms with E-state index in [9.17, 15) is 14.4 Å². The molecule has 7 nitrogen and oxygen atoms in total. The summed E-state index contributed by atoms with van der Waals surface area (Å²) in [4.78, 5) is 42.3. The Labute approximate surface area is 229 Å². The van der Waals surface area contributed by atoms with Crippen molar-refractivity contribution in [2.75, 3.05) is 5.32 Å².